The van der Waals surface area contributed by atoms with Crippen LogP contribution < -0.4 is 5.32 Å². The summed E-state index contributed by atoms with van der Waals surface area (Å²) in [6.45, 7) is 9.40. The van der Waals surface area contributed by atoms with E-state index >= 15 is 0 Å². The van der Waals surface area contributed by atoms with Crippen LogP contribution in [0.5, 0.6) is 0 Å². The van der Waals surface area contributed by atoms with E-state index in [0.29, 0.717) is 25.1 Å². The van der Waals surface area contributed by atoms with Crippen molar-refractivity contribution in [3.8, 4) is 0 Å². The molecule has 1 aliphatic carbocycles. The predicted molar refractivity (Wildman–Crippen MR) is 84.3 cm³/mol. The highest BCUT2D eigenvalue weighted by atomic mass is 16.5. The molecule has 0 spiro atoms. The molecule has 1 N–H and O–H groups in total. The van der Waals surface area contributed by atoms with Gasteiger partial charge in [-0.25, -0.2) is 4.79 Å². The van der Waals surface area contributed by atoms with Gasteiger partial charge in [0.05, 0.1) is 13.7 Å². The Kier molecular flexibility index (Phi) is 7.63. The Hall–Kier alpha value is -0.650. The van der Waals surface area contributed by atoms with E-state index in [4.69, 9.17) is 9.47 Å². The molecule has 0 amide bonds. The van der Waals surface area contributed by atoms with Crippen molar-refractivity contribution < 1.29 is 14.3 Å². The van der Waals surface area contributed by atoms with E-state index in [1.54, 1.807) is 7.11 Å². The number of rotatable bonds is 11. The van der Waals surface area contributed by atoms with Crippen LogP contribution in [0.3, 0.4) is 0 Å². The molecule has 124 valence electrons. The van der Waals surface area contributed by atoms with E-state index in [9.17, 15) is 4.79 Å². The summed E-state index contributed by atoms with van der Waals surface area (Å²) in [5, 5.41) is 3.44. The predicted octanol–water partition coefficient (Wildman–Crippen LogP) is 1.66. The van der Waals surface area contributed by atoms with E-state index < -0.39 is 5.54 Å². The maximum Gasteiger partial charge on any atom is 0.327 e. The first kappa shape index (κ1) is 18.4. The molecule has 2 atom stereocenters. The molecular weight excluding hydrogens is 268 g/mol. The summed E-state index contributed by atoms with van der Waals surface area (Å²) in [5.41, 5.74) is -0.569. The molecule has 5 nitrogen and oxygen atoms in total. The second-order valence-electron chi connectivity index (χ2n) is 5.99. The second-order valence-corrected chi connectivity index (χ2v) is 5.99. The van der Waals surface area contributed by atoms with Crippen LogP contribution in [0, 0.1) is 5.92 Å². The van der Waals surface area contributed by atoms with Crippen molar-refractivity contribution in [3.63, 3.8) is 0 Å². The molecule has 2 unspecified atom stereocenters. The number of nitrogens with one attached hydrogen (secondary N) is 1. The quantitative estimate of drug-likeness (QED) is 0.588. The third-order valence-electron chi connectivity index (χ3n) is 4.57. The molecule has 0 saturated heterocycles. The number of likely N-dealkylation sites (N-methyl/N-ethyl adjacent to an activating group) is 1. The standard InChI is InChI=1S/C16H32N2O3/c1-6-13(3)18(10-11-20-4)12-16(17-7-2,14-8-9-14)15(19)21-5/h13-14,17H,6-12H2,1-5H3. The van der Waals surface area contributed by atoms with Crippen LogP contribution in [0.4, 0.5) is 0 Å². The smallest absolute Gasteiger partial charge is 0.327 e. The van der Waals surface area contributed by atoms with Crippen molar-refractivity contribution in [2.24, 2.45) is 5.92 Å². The fourth-order valence-electron chi connectivity index (χ4n) is 2.95. The Morgan fingerprint density at radius 2 is 2.05 bits per heavy atom. The Labute approximate surface area is 129 Å². The average molecular weight is 300 g/mol. The van der Waals surface area contributed by atoms with Gasteiger partial charge >= 0.3 is 5.97 Å². The van der Waals surface area contributed by atoms with Crippen LogP contribution in [0.2, 0.25) is 0 Å². The highest BCUT2D eigenvalue weighted by Crippen LogP contribution is 2.41. The Morgan fingerprint density at radius 3 is 2.48 bits per heavy atom. The van der Waals surface area contributed by atoms with E-state index in [1.165, 1.54) is 7.11 Å². The zero-order valence-electron chi connectivity index (χ0n) is 14.3. The summed E-state index contributed by atoms with van der Waals surface area (Å²) in [6, 6.07) is 0.418. The van der Waals surface area contributed by atoms with Gasteiger partial charge in [-0.1, -0.05) is 13.8 Å². The molecule has 0 radical (unpaired) electrons. The zero-order chi connectivity index (χ0) is 15.9. The van der Waals surface area contributed by atoms with E-state index in [2.05, 4.69) is 24.1 Å². The van der Waals surface area contributed by atoms with E-state index in [0.717, 1.165) is 32.4 Å². The SMILES string of the molecule is CCNC(CN(CCOC)C(C)CC)(C(=O)OC)C1CC1. The van der Waals surface area contributed by atoms with Gasteiger partial charge in [-0.2, -0.15) is 0 Å². The van der Waals surface area contributed by atoms with Crippen LogP contribution in [0.1, 0.15) is 40.0 Å². The minimum absolute atomic E-state index is 0.127. The van der Waals surface area contributed by atoms with Crippen molar-refractivity contribution >= 4 is 5.97 Å². The molecule has 1 aliphatic rings. The fourth-order valence-corrected chi connectivity index (χ4v) is 2.95. The van der Waals surface area contributed by atoms with Gasteiger partial charge in [-0.05, 0) is 38.6 Å². The Morgan fingerprint density at radius 1 is 1.38 bits per heavy atom. The molecule has 1 rings (SSSR count). The topological polar surface area (TPSA) is 50.8 Å². The molecule has 5 heteroatoms. The van der Waals surface area contributed by atoms with E-state index in [-0.39, 0.29) is 5.97 Å². The minimum Gasteiger partial charge on any atom is -0.468 e. The summed E-state index contributed by atoms with van der Waals surface area (Å²) >= 11 is 0. The summed E-state index contributed by atoms with van der Waals surface area (Å²) in [5.74, 6) is 0.261. The van der Waals surface area contributed by atoms with Gasteiger partial charge < -0.3 is 14.8 Å². The largest absolute Gasteiger partial charge is 0.468 e. The molecule has 1 saturated carbocycles. The third kappa shape index (κ3) is 4.66. The normalized spacial score (nSPS) is 19.3. The molecule has 0 aliphatic heterocycles. The molecule has 1 fully saturated rings. The van der Waals surface area contributed by atoms with Crippen molar-refractivity contribution in [3.05, 3.63) is 0 Å². The summed E-state index contributed by atoms with van der Waals surface area (Å²) in [7, 11) is 3.20. The van der Waals surface area contributed by atoms with Gasteiger partial charge in [0.25, 0.3) is 0 Å². The minimum atomic E-state index is -0.569. The Bertz CT molecular complexity index is 321. The van der Waals surface area contributed by atoms with Gasteiger partial charge in [0.1, 0.15) is 5.54 Å². The molecule has 0 aromatic rings. The van der Waals surface area contributed by atoms with E-state index in [1.807, 2.05) is 6.92 Å². The number of carbonyl (C=O) groups excluding carboxylic acids is 1. The number of hydrogen-bond acceptors (Lipinski definition) is 5. The van der Waals surface area contributed by atoms with Crippen molar-refractivity contribution in [2.45, 2.75) is 51.6 Å². The lowest BCUT2D eigenvalue weighted by atomic mass is 9.91. The lowest BCUT2D eigenvalue weighted by Gasteiger charge is -2.39. The zero-order valence-corrected chi connectivity index (χ0v) is 14.3. The second kappa shape index (κ2) is 8.71. The van der Waals surface area contributed by atoms with Crippen LogP contribution in [-0.4, -0.2) is 62.9 Å². The highest BCUT2D eigenvalue weighted by Gasteiger charge is 2.52. The number of carbonyl (C=O) groups is 1. The van der Waals surface area contributed by atoms with Crippen molar-refractivity contribution in [1.82, 2.24) is 10.2 Å². The van der Waals surface area contributed by atoms with Crippen LogP contribution in [-0.2, 0) is 14.3 Å². The molecular formula is C16H32N2O3. The molecule has 0 aromatic carbocycles. The molecule has 21 heavy (non-hydrogen) atoms. The molecule has 0 heterocycles. The van der Waals surface area contributed by atoms with Crippen LogP contribution >= 0.6 is 0 Å². The lowest BCUT2D eigenvalue weighted by Crippen LogP contribution is -2.62. The first-order valence-corrected chi connectivity index (χ1v) is 8.12. The number of nitrogens with zero attached hydrogens (tertiary/aromatic N) is 1. The van der Waals surface area contributed by atoms with Crippen LogP contribution in [0.25, 0.3) is 0 Å². The summed E-state index contributed by atoms with van der Waals surface area (Å²) in [4.78, 5) is 14.8. The van der Waals surface area contributed by atoms with Gasteiger partial charge in [0.15, 0.2) is 0 Å². The van der Waals surface area contributed by atoms with Crippen molar-refractivity contribution in [1.29, 1.82) is 0 Å². The lowest BCUT2D eigenvalue weighted by molar-refractivity contribution is -0.151. The number of ether oxygens (including phenoxy) is 2. The molecule has 0 bridgehead atoms. The van der Waals surface area contributed by atoms with Gasteiger partial charge in [0, 0.05) is 26.2 Å². The number of methoxy groups -OCH3 is 2. The van der Waals surface area contributed by atoms with Gasteiger partial charge in [-0.15, -0.1) is 0 Å². The maximum atomic E-state index is 12.5. The Balaban J connectivity index is 2.91. The van der Waals surface area contributed by atoms with Crippen molar-refractivity contribution in [2.75, 3.05) is 40.5 Å². The maximum absolute atomic E-state index is 12.5. The van der Waals surface area contributed by atoms with Crippen LogP contribution in [0.15, 0.2) is 0 Å². The third-order valence-corrected chi connectivity index (χ3v) is 4.57. The summed E-state index contributed by atoms with van der Waals surface area (Å²) in [6.07, 6.45) is 3.25. The number of hydrogen-bond donors (Lipinski definition) is 1. The molecule has 0 aromatic heterocycles. The first-order valence-electron chi connectivity index (χ1n) is 8.12. The average Bonchev–Trinajstić information content (AvgIpc) is 3.33. The highest BCUT2D eigenvalue weighted by molar-refractivity contribution is 5.82. The van der Waals surface area contributed by atoms with Gasteiger partial charge in [0.2, 0.25) is 0 Å². The van der Waals surface area contributed by atoms with Gasteiger partial charge in [-0.3, -0.25) is 4.90 Å². The first-order chi connectivity index (χ1) is 10.1. The monoisotopic (exact) mass is 300 g/mol. The summed E-state index contributed by atoms with van der Waals surface area (Å²) < 4.78 is 10.4. The number of esters is 1. The fraction of sp³-hybridized carbons (Fsp3) is 0.938.